The van der Waals surface area contributed by atoms with E-state index >= 15 is 0 Å². The highest BCUT2D eigenvalue weighted by atomic mass is 79.9. The second-order valence-corrected chi connectivity index (χ2v) is 12.2. The van der Waals surface area contributed by atoms with E-state index in [-0.39, 0.29) is 36.7 Å². The fraction of sp³-hybridized carbons (Fsp3) is 0.364. The maximum Gasteiger partial charge on any atom is 0.311 e. The normalized spacial score (nSPS) is 18.5. The molecule has 1 heterocycles. The molecule has 1 saturated heterocycles. The van der Waals surface area contributed by atoms with Crippen molar-refractivity contribution in [3.8, 4) is 5.75 Å². The van der Waals surface area contributed by atoms with Crippen molar-refractivity contribution in [1.82, 2.24) is 10.2 Å². The molecular formula is C33H36BrFN2O5. The number of methoxy groups -OCH3 is 1. The largest absolute Gasteiger partial charge is 0.496 e. The first-order valence-corrected chi connectivity index (χ1v) is 14.7. The van der Waals surface area contributed by atoms with Gasteiger partial charge in [-0.25, -0.2) is 4.39 Å². The second kappa shape index (κ2) is 13.1. The minimum Gasteiger partial charge on any atom is -0.496 e. The third kappa shape index (κ3) is 6.84. The first-order chi connectivity index (χ1) is 19.9. The van der Waals surface area contributed by atoms with Crippen molar-refractivity contribution in [2.75, 3.05) is 13.7 Å². The van der Waals surface area contributed by atoms with Crippen LogP contribution in [0, 0.1) is 11.7 Å². The predicted molar refractivity (Wildman–Crippen MR) is 162 cm³/mol. The van der Waals surface area contributed by atoms with E-state index in [1.54, 1.807) is 56.5 Å². The predicted octanol–water partition coefficient (Wildman–Crippen LogP) is 6.35. The Morgan fingerprint density at radius 3 is 2.26 bits per heavy atom. The monoisotopic (exact) mass is 638 g/mol. The molecule has 2 amide bonds. The molecule has 1 N–H and O–H groups in total. The van der Waals surface area contributed by atoms with Crippen LogP contribution in [0.3, 0.4) is 0 Å². The Balaban J connectivity index is 1.76. The summed E-state index contributed by atoms with van der Waals surface area (Å²) >= 11 is 3.52. The van der Waals surface area contributed by atoms with E-state index in [2.05, 4.69) is 42.0 Å². The standard InChI is InChI=1S/C33H36BrFN2O5/c1-6-42-32(40)25-18-27(30(38)36-19-20-7-14-24(35)15-8-20)37(29(25)22-11-16-28(41-5)26(34)17-22)31(39)21-9-12-23(13-10-21)33(2,3)4/h7-17,25,27,29H,6,18-19H2,1-5H3,(H,36,38). The molecule has 1 fully saturated rings. The highest BCUT2D eigenvalue weighted by Gasteiger charge is 2.51. The summed E-state index contributed by atoms with van der Waals surface area (Å²) in [5.74, 6) is -1.84. The minimum absolute atomic E-state index is 0.0776. The lowest BCUT2D eigenvalue weighted by molar-refractivity contribution is -0.148. The Kier molecular flexibility index (Phi) is 9.71. The van der Waals surface area contributed by atoms with Gasteiger partial charge in [-0.3, -0.25) is 14.4 Å². The van der Waals surface area contributed by atoms with Crippen molar-refractivity contribution < 1.29 is 28.2 Å². The van der Waals surface area contributed by atoms with Gasteiger partial charge >= 0.3 is 5.97 Å². The number of carbonyl (C=O) groups excluding carboxylic acids is 3. The quantitative estimate of drug-likeness (QED) is 0.291. The number of hydrogen-bond donors (Lipinski definition) is 1. The van der Waals surface area contributed by atoms with Crippen LogP contribution >= 0.6 is 15.9 Å². The van der Waals surface area contributed by atoms with E-state index in [0.717, 1.165) is 5.56 Å². The van der Waals surface area contributed by atoms with Crippen LogP contribution in [0.1, 0.15) is 67.2 Å². The molecule has 3 unspecified atom stereocenters. The van der Waals surface area contributed by atoms with Gasteiger partial charge in [0.05, 0.1) is 30.1 Å². The highest BCUT2D eigenvalue weighted by molar-refractivity contribution is 9.10. The molecule has 0 saturated carbocycles. The molecule has 3 atom stereocenters. The van der Waals surface area contributed by atoms with E-state index in [1.165, 1.54) is 17.0 Å². The Morgan fingerprint density at radius 1 is 1.02 bits per heavy atom. The number of carbonyl (C=O) groups is 3. The lowest BCUT2D eigenvalue weighted by Crippen LogP contribution is -2.46. The average molecular weight is 640 g/mol. The first kappa shape index (κ1) is 31.2. The van der Waals surface area contributed by atoms with Crippen molar-refractivity contribution >= 4 is 33.7 Å². The number of hydrogen-bond acceptors (Lipinski definition) is 5. The number of nitrogens with one attached hydrogen (secondary N) is 1. The summed E-state index contributed by atoms with van der Waals surface area (Å²) in [5.41, 5.74) is 2.73. The maximum atomic E-state index is 14.3. The number of benzene rings is 3. The van der Waals surface area contributed by atoms with Gasteiger partial charge in [0.2, 0.25) is 5.91 Å². The lowest BCUT2D eigenvalue weighted by Gasteiger charge is -2.32. The van der Waals surface area contributed by atoms with Crippen LogP contribution in [0.5, 0.6) is 5.75 Å². The smallest absolute Gasteiger partial charge is 0.311 e. The fourth-order valence-corrected chi connectivity index (χ4v) is 5.84. The van der Waals surface area contributed by atoms with E-state index in [0.29, 0.717) is 26.9 Å². The molecule has 0 radical (unpaired) electrons. The van der Waals surface area contributed by atoms with Gasteiger partial charge < -0.3 is 19.7 Å². The van der Waals surface area contributed by atoms with E-state index in [9.17, 15) is 18.8 Å². The molecule has 3 aromatic rings. The maximum absolute atomic E-state index is 14.3. The third-order valence-electron chi connectivity index (χ3n) is 7.52. The number of esters is 1. The summed E-state index contributed by atoms with van der Waals surface area (Å²) in [6.45, 7) is 8.30. The molecule has 1 aliphatic heterocycles. The summed E-state index contributed by atoms with van der Waals surface area (Å²) in [6.07, 6.45) is 0.0776. The van der Waals surface area contributed by atoms with Gasteiger partial charge in [0, 0.05) is 12.1 Å². The molecule has 1 aliphatic rings. The third-order valence-corrected chi connectivity index (χ3v) is 8.14. The Morgan fingerprint density at radius 2 is 1.69 bits per heavy atom. The van der Waals surface area contributed by atoms with Crippen LogP contribution in [-0.2, 0) is 26.3 Å². The average Bonchev–Trinajstić information content (AvgIpc) is 3.37. The molecule has 9 heteroatoms. The van der Waals surface area contributed by atoms with Gasteiger partial charge in [-0.15, -0.1) is 0 Å². The van der Waals surface area contributed by atoms with E-state index in [4.69, 9.17) is 9.47 Å². The molecule has 222 valence electrons. The zero-order valence-electron chi connectivity index (χ0n) is 24.4. The number of nitrogens with zero attached hydrogens (tertiary/aromatic N) is 1. The van der Waals surface area contributed by atoms with Crippen LogP contribution in [0.25, 0.3) is 0 Å². The topological polar surface area (TPSA) is 84.9 Å². The van der Waals surface area contributed by atoms with Crippen molar-refractivity contribution in [3.63, 3.8) is 0 Å². The van der Waals surface area contributed by atoms with Crippen LogP contribution < -0.4 is 10.1 Å². The van der Waals surface area contributed by atoms with Gasteiger partial charge in [0.15, 0.2) is 0 Å². The molecule has 0 aliphatic carbocycles. The molecule has 0 bridgehead atoms. The van der Waals surface area contributed by atoms with Gasteiger partial charge in [0.25, 0.3) is 5.91 Å². The molecule has 42 heavy (non-hydrogen) atoms. The minimum atomic E-state index is -0.958. The molecular weight excluding hydrogens is 603 g/mol. The van der Waals surface area contributed by atoms with Gasteiger partial charge in [-0.05, 0) is 87.8 Å². The first-order valence-electron chi connectivity index (χ1n) is 13.9. The van der Waals surface area contributed by atoms with Gasteiger partial charge in [-0.1, -0.05) is 51.1 Å². The van der Waals surface area contributed by atoms with Crippen molar-refractivity contribution in [2.45, 2.75) is 58.2 Å². The number of rotatable bonds is 8. The van der Waals surface area contributed by atoms with Crippen molar-refractivity contribution in [3.05, 3.63) is 99.3 Å². The number of ether oxygens (including phenoxy) is 2. The summed E-state index contributed by atoms with van der Waals surface area (Å²) in [7, 11) is 1.55. The molecule has 7 nitrogen and oxygen atoms in total. The number of halogens is 2. The van der Waals surface area contributed by atoms with Crippen LogP contribution in [-0.4, -0.2) is 42.4 Å². The Labute approximate surface area is 254 Å². The van der Waals surface area contributed by atoms with Crippen LogP contribution in [0.4, 0.5) is 4.39 Å². The van der Waals surface area contributed by atoms with Crippen molar-refractivity contribution in [2.24, 2.45) is 5.92 Å². The zero-order chi connectivity index (χ0) is 30.6. The molecule has 0 spiro atoms. The second-order valence-electron chi connectivity index (χ2n) is 11.3. The summed E-state index contributed by atoms with van der Waals surface area (Å²) in [4.78, 5) is 42.8. The summed E-state index contributed by atoms with van der Waals surface area (Å²) in [5, 5.41) is 2.88. The van der Waals surface area contributed by atoms with E-state index in [1.807, 2.05) is 12.1 Å². The summed E-state index contributed by atoms with van der Waals surface area (Å²) in [6, 6.07) is 16.8. The Hall–Kier alpha value is -3.72. The van der Waals surface area contributed by atoms with Crippen LogP contribution in [0.2, 0.25) is 0 Å². The summed E-state index contributed by atoms with van der Waals surface area (Å²) < 4.78 is 24.9. The van der Waals surface area contributed by atoms with E-state index < -0.39 is 29.9 Å². The molecule has 3 aromatic carbocycles. The zero-order valence-corrected chi connectivity index (χ0v) is 26.0. The highest BCUT2D eigenvalue weighted by Crippen LogP contribution is 2.44. The molecule has 0 aromatic heterocycles. The van der Waals surface area contributed by atoms with Gasteiger partial charge in [0.1, 0.15) is 17.6 Å². The number of amides is 2. The van der Waals surface area contributed by atoms with Crippen LogP contribution in [0.15, 0.2) is 71.2 Å². The lowest BCUT2D eigenvalue weighted by atomic mass is 9.86. The molecule has 4 rings (SSSR count). The van der Waals surface area contributed by atoms with Gasteiger partial charge in [-0.2, -0.15) is 0 Å². The number of likely N-dealkylation sites (tertiary alicyclic amines) is 1. The Bertz CT molecular complexity index is 1440. The SMILES string of the molecule is CCOC(=O)C1CC(C(=O)NCc2ccc(F)cc2)N(C(=O)c2ccc(C(C)(C)C)cc2)C1c1ccc(OC)c(Br)c1. The van der Waals surface area contributed by atoms with Crippen molar-refractivity contribution in [1.29, 1.82) is 0 Å². The fourth-order valence-electron chi connectivity index (χ4n) is 5.28.